The lowest BCUT2D eigenvalue weighted by Gasteiger charge is -2.36. The van der Waals surface area contributed by atoms with Gasteiger partial charge >= 0.3 is 0 Å². The van der Waals surface area contributed by atoms with E-state index in [0.29, 0.717) is 0 Å². The van der Waals surface area contributed by atoms with Crippen molar-refractivity contribution in [1.29, 1.82) is 0 Å². The highest BCUT2D eigenvalue weighted by molar-refractivity contribution is 7.26. The van der Waals surface area contributed by atoms with Crippen LogP contribution in [0.1, 0.15) is 22.3 Å². The molecule has 0 aliphatic heterocycles. The summed E-state index contributed by atoms with van der Waals surface area (Å²) in [6, 6.07) is 68.5. The van der Waals surface area contributed by atoms with Gasteiger partial charge in [0.1, 0.15) is 11.2 Å². The summed E-state index contributed by atoms with van der Waals surface area (Å²) in [4.78, 5) is 2.43. The fraction of sp³-hybridized carbons (Fsp3) is 0.0204. The quantitative estimate of drug-likeness (QED) is 0.180. The number of hydrogen-bond acceptors (Lipinski definition) is 3. The summed E-state index contributed by atoms with van der Waals surface area (Å²) in [7, 11) is 0. The smallest absolute Gasteiger partial charge is 0.137 e. The second kappa shape index (κ2) is 11.3. The third-order valence-corrected chi connectivity index (χ3v) is 12.1. The molecular weight excluding hydrogens is 651 g/mol. The summed E-state index contributed by atoms with van der Waals surface area (Å²) in [5.41, 5.74) is 12.0. The van der Waals surface area contributed by atoms with Crippen molar-refractivity contribution in [2.45, 2.75) is 5.41 Å². The van der Waals surface area contributed by atoms with E-state index in [2.05, 4.69) is 193 Å². The van der Waals surface area contributed by atoms with Gasteiger partial charge in [-0.15, -0.1) is 11.3 Å². The molecule has 2 heterocycles. The van der Waals surface area contributed by atoms with Crippen LogP contribution in [0.15, 0.2) is 192 Å². The molecule has 10 aromatic rings. The summed E-state index contributed by atoms with van der Waals surface area (Å²) < 4.78 is 9.44. The maximum atomic E-state index is 6.89. The van der Waals surface area contributed by atoms with E-state index < -0.39 is 5.41 Å². The minimum Gasteiger partial charge on any atom is -0.456 e. The predicted octanol–water partition coefficient (Wildman–Crippen LogP) is 13.8. The maximum absolute atomic E-state index is 6.89. The predicted molar refractivity (Wildman–Crippen MR) is 219 cm³/mol. The van der Waals surface area contributed by atoms with Crippen molar-refractivity contribution < 1.29 is 4.42 Å². The van der Waals surface area contributed by atoms with Gasteiger partial charge in [-0.1, -0.05) is 140 Å². The molecule has 0 saturated carbocycles. The highest BCUT2D eigenvalue weighted by Gasteiger charge is 2.47. The number of furan rings is 1. The third-order valence-electron chi connectivity index (χ3n) is 10.9. The zero-order chi connectivity index (χ0) is 34.2. The van der Waals surface area contributed by atoms with Gasteiger partial charge in [0.05, 0.1) is 16.8 Å². The fourth-order valence-electron chi connectivity index (χ4n) is 8.89. The molecule has 1 aliphatic carbocycles. The van der Waals surface area contributed by atoms with Crippen molar-refractivity contribution >= 4 is 70.5 Å². The molecule has 0 unspecified atom stereocenters. The van der Waals surface area contributed by atoms with E-state index in [-0.39, 0.29) is 0 Å². The average molecular weight is 682 g/mol. The van der Waals surface area contributed by atoms with Gasteiger partial charge in [-0.3, -0.25) is 0 Å². The van der Waals surface area contributed by atoms with Gasteiger partial charge in [-0.2, -0.15) is 0 Å². The number of rotatable bonds is 5. The van der Waals surface area contributed by atoms with Crippen LogP contribution in [0.5, 0.6) is 0 Å². The zero-order valence-corrected chi connectivity index (χ0v) is 29.0. The number of benzene rings is 8. The largest absolute Gasteiger partial charge is 0.456 e. The first-order valence-electron chi connectivity index (χ1n) is 17.8. The Hall–Kier alpha value is -6.42. The van der Waals surface area contributed by atoms with Gasteiger partial charge in [-0.05, 0) is 75.8 Å². The van der Waals surface area contributed by atoms with Gasteiger partial charge in [0.25, 0.3) is 0 Å². The molecule has 0 radical (unpaired) electrons. The number of para-hydroxylation sites is 2. The molecule has 2 nitrogen and oxygen atoms in total. The second-order valence-electron chi connectivity index (χ2n) is 13.6. The molecule has 3 heteroatoms. The number of nitrogens with zero attached hydrogens (tertiary/aromatic N) is 1. The summed E-state index contributed by atoms with van der Waals surface area (Å²) in [6.07, 6.45) is 0. The van der Waals surface area contributed by atoms with Crippen LogP contribution in [0.4, 0.5) is 17.1 Å². The highest BCUT2D eigenvalue weighted by Crippen LogP contribution is 2.59. The molecule has 0 amide bonds. The second-order valence-corrected chi connectivity index (χ2v) is 14.7. The van der Waals surface area contributed by atoms with E-state index in [0.717, 1.165) is 39.0 Å². The lowest BCUT2D eigenvalue weighted by Crippen LogP contribution is -2.29. The summed E-state index contributed by atoms with van der Waals surface area (Å²) >= 11 is 1.85. The first-order chi connectivity index (χ1) is 25.8. The number of hydrogen-bond donors (Lipinski definition) is 0. The molecule has 0 saturated heterocycles. The summed E-state index contributed by atoms with van der Waals surface area (Å²) in [5, 5.41) is 4.78. The molecule has 1 aliphatic rings. The van der Waals surface area contributed by atoms with Crippen LogP contribution in [0.2, 0.25) is 0 Å². The number of fused-ring (bicyclic) bond motifs is 9. The first kappa shape index (κ1) is 29.3. The first-order valence-corrected chi connectivity index (χ1v) is 18.6. The van der Waals surface area contributed by atoms with Crippen molar-refractivity contribution in [3.8, 4) is 11.1 Å². The van der Waals surface area contributed by atoms with Gasteiger partial charge in [0, 0.05) is 42.7 Å². The van der Waals surface area contributed by atoms with Gasteiger partial charge in [0.15, 0.2) is 0 Å². The summed E-state index contributed by atoms with van der Waals surface area (Å²) in [5.74, 6) is 0. The molecule has 0 fully saturated rings. The lowest BCUT2D eigenvalue weighted by molar-refractivity contribution is 0.667. The van der Waals surface area contributed by atoms with Crippen LogP contribution in [0.3, 0.4) is 0 Å². The van der Waals surface area contributed by atoms with Crippen molar-refractivity contribution in [2.75, 3.05) is 4.90 Å². The Morgan fingerprint density at radius 3 is 1.81 bits per heavy atom. The van der Waals surface area contributed by atoms with Crippen LogP contribution in [0, 0.1) is 0 Å². The Morgan fingerprint density at radius 1 is 0.423 bits per heavy atom. The Bertz CT molecular complexity index is 2930. The molecule has 8 aromatic carbocycles. The van der Waals surface area contributed by atoms with E-state index in [4.69, 9.17) is 4.42 Å². The zero-order valence-electron chi connectivity index (χ0n) is 28.2. The molecule has 0 bridgehead atoms. The van der Waals surface area contributed by atoms with E-state index in [1.54, 1.807) is 0 Å². The maximum Gasteiger partial charge on any atom is 0.137 e. The van der Waals surface area contributed by atoms with Gasteiger partial charge in [0.2, 0.25) is 0 Å². The van der Waals surface area contributed by atoms with E-state index in [9.17, 15) is 0 Å². The Kier molecular flexibility index (Phi) is 6.37. The van der Waals surface area contributed by atoms with Crippen LogP contribution in [-0.2, 0) is 5.41 Å². The van der Waals surface area contributed by atoms with Gasteiger partial charge in [-0.25, -0.2) is 0 Å². The average Bonchev–Trinajstić information content (AvgIpc) is 3.87. The van der Waals surface area contributed by atoms with Crippen molar-refractivity contribution in [3.05, 3.63) is 210 Å². The van der Waals surface area contributed by atoms with E-state index in [1.807, 2.05) is 11.3 Å². The molecule has 244 valence electrons. The Labute approximate surface area is 305 Å². The van der Waals surface area contributed by atoms with E-state index in [1.165, 1.54) is 53.6 Å². The normalized spacial score (nSPS) is 13.2. The lowest BCUT2D eigenvalue weighted by atomic mass is 9.66. The minimum absolute atomic E-state index is 0.612. The molecule has 0 N–H and O–H groups in total. The standard InChI is InChI=1S/C49H31NOS/c1-3-16-32(17-4-1)49(39-24-11-7-20-35(39)36-21-8-12-25-40(36)49)41-30-34(31-44-47(41)37-22-9-13-27-43(37)51-44)50(33-18-5-2-6-19-33)42-26-15-29-46-48(42)38-23-10-14-28-45(38)52-46/h1-31H. The molecular formula is C49H31NOS. The SMILES string of the molecule is c1ccc(N(c2cc(C3(c4ccccc4)c4ccccc4-c4ccccc43)c3c(c2)oc2ccccc23)c2cccc3sc4ccccc4c23)cc1. The fourth-order valence-corrected chi connectivity index (χ4v) is 10.0. The van der Waals surface area contributed by atoms with Crippen LogP contribution in [-0.4, -0.2) is 0 Å². The Morgan fingerprint density at radius 2 is 1.04 bits per heavy atom. The topological polar surface area (TPSA) is 16.4 Å². The summed E-state index contributed by atoms with van der Waals surface area (Å²) in [6.45, 7) is 0. The molecule has 0 atom stereocenters. The number of anilines is 3. The van der Waals surface area contributed by atoms with Crippen LogP contribution >= 0.6 is 11.3 Å². The molecule has 11 rings (SSSR count). The minimum atomic E-state index is -0.612. The Balaban J connectivity index is 1.32. The van der Waals surface area contributed by atoms with E-state index >= 15 is 0 Å². The van der Waals surface area contributed by atoms with Crippen molar-refractivity contribution in [2.24, 2.45) is 0 Å². The molecule has 52 heavy (non-hydrogen) atoms. The monoisotopic (exact) mass is 681 g/mol. The van der Waals surface area contributed by atoms with Crippen molar-refractivity contribution in [3.63, 3.8) is 0 Å². The number of thiophene rings is 1. The van der Waals surface area contributed by atoms with Crippen molar-refractivity contribution in [1.82, 2.24) is 0 Å². The van der Waals surface area contributed by atoms with Gasteiger partial charge < -0.3 is 9.32 Å². The molecule has 0 spiro atoms. The van der Waals surface area contributed by atoms with Crippen LogP contribution < -0.4 is 4.90 Å². The molecule has 2 aromatic heterocycles. The third kappa shape index (κ3) is 4.06. The highest BCUT2D eigenvalue weighted by atomic mass is 32.1. The van der Waals surface area contributed by atoms with Crippen LogP contribution in [0.25, 0.3) is 53.2 Å².